The zero-order valence-electron chi connectivity index (χ0n) is 7.42. The minimum Gasteiger partial charge on any atom is -0.478 e. The highest BCUT2D eigenvalue weighted by Crippen LogP contribution is 2.11. The SMILES string of the molecule is C/C(=C\c1cc(F)cc(F)c1)C(=O)O. The molecule has 0 aliphatic carbocycles. The van der Waals surface area contributed by atoms with Crippen molar-refractivity contribution in [3.05, 3.63) is 41.0 Å². The molecule has 2 nitrogen and oxygen atoms in total. The van der Waals surface area contributed by atoms with Crippen molar-refractivity contribution in [2.24, 2.45) is 0 Å². The van der Waals surface area contributed by atoms with E-state index in [0.717, 1.165) is 18.2 Å². The second-order valence-electron chi connectivity index (χ2n) is 2.84. The summed E-state index contributed by atoms with van der Waals surface area (Å²) < 4.78 is 25.3. The Morgan fingerprint density at radius 3 is 2.21 bits per heavy atom. The summed E-state index contributed by atoms with van der Waals surface area (Å²) in [6.45, 7) is 1.35. The van der Waals surface area contributed by atoms with E-state index in [2.05, 4.69) is 0 Å². The number of hydrogen-bond acceptors (Lipinski definition) is 1. The first-order chi connectivity index (χ1) is 6.49. The van der Waals surface area contributed by atoms with Crippen molar-refractivity contribution in [1.82, 2.24) is 0 Å². The van der Waals surface area contributed by atoms with Gasteiger partial charge in [-0.15, -0.1) is 0 Å². The van der Waals surface area contributed by atoms with Crippen molar-refractivity contribution >= 4 is 12.0 Å². The van der Waals surface area contributed by atoms with Gasteiger partial charge in [0.05, 0.1) is 0 Å². The van der Waals surface area contributed by atoms with Crippen LogP contribution in [0.1, 0.15) is 12.5 Å². The Morgan fingerprint density at radius 2 is 1.79 bits per heavy atom. The number of carboxylic acid groups (broad SMARTS) is 1. The first-order valence-corrected chi connectivity index (χ1v) is 3.87. The molecule has 0 aliphatic rings. The second-order valence-corrected chi connectivity index (χ2v) is 2.84. The molecule has 0 saturated carbocycles. The lowest BCUT2D eigenvalue weighted by atomic mass is 10.1. The molecular formula is C10H8F2O2. The number of carboxylic acids is 1. The van der Waals surface area contributed by atoms with Crippen LogP contribution in [0.15, 0.2) is 23.8 Å². The Bertz CT molecular complexity index is 377. The smallest absolute Gasteiger partial charge is 0.331 e. The van der Waals surface area contributed by atoms with Gasteiger partial charge in [-0.1, -0.05) is 0 Å². The van der Waals surface area contributed by atoms with Crippen LogP contribution in [0, 0.1) is 11.6 Å². The number of halogens is 2. The molecule has 1 rings (SSSR count). The third-order valence-corrected chi connectivity index (χ3v) is 1.61. The lowest BCUT2D eigenvalue weighted by Gasteiger charge is -1.97. The van der Waals surface area contributed by atoms with Crippen molar-refractivity contribution < 1.29 is 18.7 Å². The van der Waals surface area contributed by atoms with Gasteiger partial charge in [-0.3, -0.25) is 0 Å². The lowest BCUT2D eigenvalue weighted by Crippen LogP contribution is -1.95. The Kier molecular flexibility index (Phi) is 2.96. The molecular weight excluding hydrogens is 190 g/mol. The van der Waals surface area contributed by atoms with Gasteiger partial charge < -0.3 is 5.11 Å². The van der Waals surface area contributed by atoms with Crippen molar-refractivity contribution in [2.45, 2.75) is 6.92 Å². The third-order valence-electron chi connectivity index (χ3n) is 1.61. The molecule has 74 valence electrons. The fourth-order valence-electron chi connectivity index (χ4n) is 0.970. The molecule has 4 heteroatoms. The lowest BCUT2D eigenvalue weighted by molar-refractivity contribution is -0.132. The molecule has 0 spiro atoms. The van der Waals surface area contributed by atoms with Crippen LogP contribution < -0.4 is 0 Å². The maximum absolute atomic E-state index is 12.7. The molecule has 0 fully saturated rings. The molecule has 0 saturated heterocycles. The van der Waals surface area contributed by atoms with Gasteiger partial charge in [0.2, 0.25) is 0 Å². The minimum atomic E-state index is -1.12. The predicted octanol–water partition coefficient (Wildman–Crippen LogP) is 2.45. The van der Waals surface area contributed by atoms with Gasteiger partial charge in [-0.2, -0.15) is 0 Å². The van der Waals surface area contributed by atoms with E-state index in [1.54, 1.807) is 0 Å². The summed E-state index contributed by atoms with van der Waals surface area (Å²) in [4.78, 5) is 10.4. The topological polar surface area (TPSA) is 37.3 Å². The summed E-state index contributed by atoms with van der Waals surface area (Å²) >= 11 is 0. The van der Waals surface area contributed by atoms with E-state index in [0.29, 0.717) is 0 Å². The van der Waals surface area contributed by atoms with E-state index in [9.17, 15) is 13.6 Å². The molecule has 0 unspecified atom stereocenters. The summed E-state index contributed by atoms with van der Waals surface area (Å²) in [5.41, 5.74) is 0.220. The van der Waals surface area contributed by atoms with E-state index < -0.39 is 17.6 Å². The largest absolute Gasteiger partial charge is 0.478 e. The molecule has 1 aromatic carbocycles. The molecule has 0 radical (unpaired) electrons. The number of carbonyl (C=O) groups is 1. The van der Waals surface area contributed by atoms with E-state index in [1.165, 1.54) is 13.0 Å². The molecule has 1 N–H and O–H groups in total. The first kappa shape index (κ1) is 10.4. The molecule has 0 amide bonds. The Balaban J connectivity index is 3.08. The van der Waals surface area contributed by atoms with Gasteiger partial charge in [-0.05, 0) is 30.7 Å². The predicted molar refractivity (Wildman–Crippen MR) is 47.6 cm³/mol. The summed E-state index contributed by atoms with van der Waals surface area (Å²) in [5.74, 6) is -2.57. The number of aliphatic carboxylic acids is 1. The van der Waals surface area contributed by atoms with Crippen LogP contribution in [-0.2, 0) is 4.79 Å². The van der Waals surface area contributed by atoms with Gasteiger partial charge in [0.15, 0.2) is 0 Å². The van der Waals surface area contributed by atoms with Crippen LogP contribution in [0.25, 0.3) is 6.08 Å². The maximum atomic E-state index is 12.7. The highest BCUT2D eigenvalue weighted by atomic mass is 19.1. The zero-order chi connectivity index (χ0) is 10.7. The molecule has 1 aromatic rings. The van der Waals surface area contributed by atoms with Gasteiger partial charge in [0.25, 0.3) is 0 Å². The summed E-state index contributed by atoms with van der Waals surface area (Å²) in [6, 6.07) is 2.86. The van der Waals surface area contributed by atoms with Crippen molar-refractivity contribution in [3.63, 3.8) is 0 Å². The van der Waals surface area contributed by atoms with E-state index >= 15 is 0 Å². The highest BCUT2D eigenvalue weighted by Gasteiger charge is 2.02. The van der Waals surface area contributed by atoms with E-state index in [4.69, 9.17) is 5.11 Å². The van der Waals surface area contributed by atoms with Crippen molar-refractivity contribution in [2.75, 3.05) is 0 Å². The molecule has 14 heavy (non-hydrogen) atoms. The van der Waals surface area contributed by atoms with Crippen LogP contribution in [-0.4, -0.2) is 11.1 Å². The average molecular weight is 198 g/mol. The molecule has 0 aliphatic heterocycles. The molecule has 0 atom stereocenters. The fourth-order valence-corrected chi connectivity index (χ4v) is 0.970. The maximum Gasteiger partial charge on any atom is 0.331 e. The zero-order valence-corrected chi connectivity index (χ0v) is 7.42. The number of benzene rings is 1. The van der Waals surface area contributed by atoms with E-state index in [-0.39, 0.29) is 11.1 Å². The van der Waals surface area contributed by atoms with E-state index in [1.807, 2.05) is 0 Å². The Labute approximate surface area is 79.5 Å². The quantitative estimate of drug-likeness (QED) is 0.741. The van der Waals surface area contributed by atoms with Crippen LogP contribution in [0.2, 0.25) is 0 Å². The molecule has 0 bridgehead atoms. The second kappa shape index (κ2) is 4.00. The fraction of sp³-hybridized carbons (Fsp3) is 0.100. The van der Waals surface area contributed by atoms with Crippen LogP contribution >= 0.6 is 0 Å². The Hall–Kier alpha value is -1.71. The Morgan fingerprint density at radius 1 is 1.29 bits per heavy atom. The third kappa shape index (κ3) is 2.65. The average Bonchev–Trinajstić information content (AvgIpc) is 2.01. The van der Waals surface area contributed by atoms with Crippen molar-refractivity contribution in [1.29, 1.82) is 0 Å². The number of rotatable bonds is 2. The van der Waals surface area contributed by atoms with Gasteiger partial charge in [0, 0.05) is 11.6 Å². The standard InChI is InChI=1S/C10H8F2O2/c1-6(10(13)14)2-7-3-8(11)5-9(12)4-7/h2-5H,1H3,(H,13,14)/b6-2+. The highest BCUT2D eigenvalue weighted by molar-refractivity contribution is 5.91. The van der Waals surface area contributed by atoms with Crippen LogP contribution in [0.3, 0.4) is 0 Å². The summed E-state index contributed by atoms with van der Waals surface area (Å²) in [5, 5.41) is 8.53. The van der Waals surface area contributed by atoms with Crippen LogP contribution in [0.4, 0.5) is 8.78 Å². The van der Waals surface area contributed by atoms with Gasteiger partial charge >= 0.3 is 5.97 Å². The normalized spacial score (nSPS) is 11.5. The van der Waals surface area contributed by atoms with Gasteiger partial charge in [-0.25, -0.2) is 13.6 Å². The van der Waals surface area contributed by atoms with Crippen molar-refractivity contribution in [3.8, 4) is 0 Å². The minimum absolute atomic E-state index is 0.0231. The molecule has 0 aromatic heterocycles. The number of hydrogen-bond donors (Lipinski definition) is 1. The monoisotopic (exact) mass is 198 g/mol. The summed E-state index contributed by atoms with van der Waals surface area (Å²) in [6.07, 6.45) is 1.20. The summed E-state index contributed by atoms with van der Waals surface area (Å²) in [7, 11) is 0. The van der Waals surface area contributed by atoms with Crippen LogP contribution in [0.5, 0.6) is 0 Å². The molecule has 0 heterocycles. The first-order valence-electron chi connectivity index (χ1n) is 3.87. The van der Waals surface area contributed by atoms with Gasteiger partial charge in [0.1, 0.15) is 11.6 Å².